The molecule has 2 N–H and O–H groups in total. The minimum atomic E-state index is -3.62. The Kier molecular flexibility index (Phi) is 4.94. The molecule has 128 valence electrons. The predicted molar refractivity (Wildman–Crippen MR) is 91.1 cm³/mol. The van der Waals surface area contributed by atoms with Crippen molar-refractivity contribution in [3.05, 3.63) is 23.8 Å². The lowest BCUT2D eigenvalue weighted by Gasteiger charge is -2.29. The van der Waals surface area contributed by atoms with Crippen LogP contribution in [0, 0.1) is 5.92 Å². The summed E-state index contributed by atoms with van der Waals surface area (Å²) in [6.45, 7) is 4.77. The highest BCUT2D eigenvalue weighted by Crippen LogP contribution is 2.30. The molecule has 1 aromatic carbocycles. The number of benzene rings is 1. The van der Waals surface area contributed by atoms with Gasteiger partial charge in [0.25, 0.3) is 0 Å². The molecule has 0 saturated heterocycles. The van der Waals surface area contributed by atoms with Gasteiger partial charge in [-0.15, -0.1) is 0 Å². The standard InChI is InChI=1S/C17H26N2O3S/c1-13-4-2-3-5-17(13)22-11-10-19-9-8-14-12-15(23(18,20)21)6-7-16(14)19/h6-7,12-13,17H,2-5,8-11H2,1H3,(H2,18,20,21). The third-order valence-electron chi connectivity index (χ3n) is 5.10. The molecule has 0 amide bonds. The van der Waals surface area contributed by atoms with Crippen LogP contribution in [0.2, 0.25) is 0 Å². The number of nitrogens with zero attached hydrogens (tertiary/aromatic N) is 1. The molecule has 5 nitrogen and oxygen atoms in total. The lowest BCUT2D eigenvalue weighted by molar-refractivity contribution is -0.00120. The van der Waals surface area contributed by atoms with Crippen LogP contribution in [0.3, 0.4) is 0 Å². The zero-order chi connectivity index (χ0) is 16.4. The molecule has 1 saturated carbocycles. The average molecular weight is 338 g/mol. The second-order valence-corrected chi connectivity index (χ2v) is 8.30. The Morgan fingerprint density at radius 1 is 1.30 bits per heavy atom. The molecular formula is C17H26N2O3S. The average Bonchev–Trinajstić information content (AvgIpc) is 2.91. The molecule has 1 aliphatic heterocycles. The van der Waals surface area contributed by atoms with E-state index in [1.807, 2.05) is 6.07 Å². The Hall–Kier alpha value is -1.11. The van der Waals surface area contributed by atoms with Crippen molar-refractivity contribution in [1.29, 1.82) is 0 Å². The van der Waals surface area contributed by atoms with Gasteiger partial charge in [-0.1, -0.05) is 19.8 Å². The molecule has 0 bridgehead atoms. The zero-order valence-corrected chi connectivity index (χ0v) is 14.5. The van der Waals surface area contributed by atoms with E-state index >= 15 is 0 Å². The third-order valence-corrected chi connectivity index (χ3v) is 6.01. The highest BCUT2D eigenvalue weighted by Gasteiger charge is 2.24. The van der Waals surface area contributed by atoms with E-state index in [0.29, 0.717) is 12.0 Å². The van der Waals surface area contributed by atoms with Crippen molar-refractivity contribution in [3.8, 4) is 0 Å². The van der Waals surface area contributed by atoms with E-state index in [-0.39, 0.29) is 4.90 Å². The molecule has 1 fully saturated rings. The minimum absolute atomic E-state index is 0.199. The summed E-state index contributed by atoms with van der Waals surface area (Å²) in [5, 5.41) is 5.20. The molecule has 6 heteroatoms. The minimum Gasteiger partial charge on any atom is -0.376 e. The first kappa shape index (κ1) is 16.7. The summed E-state index contributed by atoms with van der Waals surface area (Å²) in [7, 11) is -3.62. The normalized spacial score (nSPS) is 24.7. The van der Waals surface area contributed by atoms with Crippen LogP contribution >= 0.6 is 0 Å². The van der Waals surface area contributed by atoms with E-state index in [9.17, 15) is 8.42 Å². The van der Waals surface area contributed by atoms with Gasteiger partial charge in [0.1, 0.15) is 0 Å². The Bertz CT molecular complexity index is 660. The van der Waals surface area contributed by atoms with Gasteiger partial charge in [0.2, 0.25) is 10.0 Å². The molecule has 1 heterocycles. The van der Waals surface area contributed by atoms with Gasteiger partial charge in [0, 0.05) is 18.8 Å². The van der Waals surface area contributed by atoms with Crippen LogP contribution in [-0.4, -0.2) is 34.2 Å². The molecule has 2 aliphatic rings. The van der Waals surface area contributed by atoms with Crippen LogP contribution in [0.4, 0.5) is 5.69 Å². The van der Waals surface area contributed by atoms with Gasteiger partial charge in [0.05, 0.1) is 17.6 Å². The van der Waals surface area contributed by atoms with Crippen molar-refractivity contribution in [2.75, 3.05) is 24.6 Å². The van der Waals surface area contributed by atoms with Gasteiger partial charge in [-0.25, -0.2) is 13.6 Å². The van der Waals surface area contributed by atoms with Gasteiger partial charge in [-0.2, -0.15) is 0 Å². The second-order valence-electron chi connectivity index (χ2n) is 6.74. The first-order valence-electron chi connectivity index (χ1n) is 8.47. The summed E-state index contributed by atoms with van der Waals surface area (Å²) in [6, 6.07) is 5.16. The van der Waals surface area contributed by atoms with Crippen LogP contribution < -0.4 is 10.0 Å². The lowest BCUT2D eigenvalue weighted by Crippen LogP contribution is -2.31. The maximum absolute atomic E-state index is 11.4. The monoisotopic (exact) mass is 338 g/mol. The Morgan fingerprint density at radius 3 is 2.83 bits per heavy atom. The van der Waals surface area contributed by atoms with Crippen LogP contribution in [0.15, 0.2) is 23.1 Å². The van der Waals surface area contributed by atoms with Crippen LogP contribution in [0.1, 0.15) is 38.2 Å². The van der Waals surface area contributed by atoms with Gasteiger partial charge < -0.3 is 9.64 Å². The number of rotatable bonds is 5. The maximum Gasteiger partial charge on any atom is 0.238 e. The highest BCUT2D eigenvalue weighted by molar-refractivity contribution is 7.89. The maximum atomic E-state index is 11.4. The number of hydrogen-bond acceptors (Lipinski definition) is 4. The smallest absolute Gasteiger partial charge is 0.238 e. The van der Waals surface area contributed by atoms with Gasteiger partial charge in [0.15, 0.2) is 0 Å². The first-order valence-corrected chi connectivity index (χ1v) is 10.0. The van der Waals surface area contributed by atoms with E-state index in [4.69, 9.17) is 9.88 Å². The second kappa shape index (κ2) is 6.79. The van der Waals surface area contributed by atoms with Crippen molar-refractivity contribution in [2.45, 2.75) is 50.0 Å². The Morgan fingerprint density at radius 2 is 2.09 bits per heavy atom. The SMILES string of the molecule is CC1CCCCC1OCCN1CCc2cc(S(N)(=O)=O)ccc21. The van der Waals surface area contributed by atoms with Crippen LogP contribution in [-0.2, 0) is 21.2 Å². The molecular weight excluding hydrogens is 312 g/mol. The number of primary sulfonamides is 1. The number of sulfonamides is 1. The van der Waals surface area contributed by atoms with E-state index in [0.717, 1.165) is 37.4 Å². The summed E-state index contributed by atoms with van der Waals surface area (Å²) in [4.78, 5) is 2.47. The van der Waals surface area contributed by atoms with E-state index in [1.165, 1.54) is 25.7 Å². The van der Waals surface area contributed by atoms with Crippen molar-refractivity contribution >= 4 is 15.7 Å². The van der Waals surface area contributed by atoms with Crippen LogP contribution in [0.25, 0.3) is 0 Å². The summed E-state index contributed by atoms with van der Waals surface area (Å²) in [5.41, 5.74) is 2.17. The molecule has 2 unspecified atom stereocenters. The Labute approximate surface area is 138 Å². The lowest BCUT2D eigenvalue weighted by atomic mass is 9.88. The van der Waals surface area contributed by atoms with Crippen molar-refractivity contribution in [1.82, 2.24) is 0 Å². The third kappa shape index (κ3) is 3.87. The number of hydrogen-bond donors (Lipinski definition) is 1. The Balaban J connectivity index is 1.58. The van der Waals surface area contributed by atoms with Gasteiger partial charge >= 0.3 is 0 Å². The summed E-state index contributed by atoms with van der Waals surface area (Å²) in [6.07, 6.45) is 6.31. The largest absolute Gasteiger partial charge is 0.376 e. The molecule has 23 heavy (non-hydrogen) atoms. The quantitative estimate of drug-likeness (QED) is 0.894. The molecule has 3 rings (SSSR count). The van der Waals surface area contributed by atoms with Crippen LogP contribution in [0.5, 0.6) is 0 Å². The van der Waals surface area contributed by atoms with Crippen molar-refractivity contribution in [2.24, 2.45) is 11.1 Å². The fraction of sp³-hybridized carbons (Fsp3) is 0.647. The van der Waals surface area contributed by atoms with Gasteiger partial charge in [-0.05, 0) is 48.9 Å². The summed E-state index contributed by atoms with van der Waals surface area (Å²) < 4.78 is 29.0. The van der Waals surface area contributed by atoms with Crippen molar-refractivity contribution in [3.63, 3.8) is 0 Å². The topological polar surface area (TPSA) is 72.6 Å². The van der Waals surface area contributed by atoms with E-state index < -0.39 is 10.0 Å². The highest BCUT2D eigenvalue weighted by atomic mass is 32.2. The molecule has 0 spiro atoms. The first-order chi connectivity index (χ1) is 10.9. The molecule has 0 radical (unpaired) electrons. The van der Waals surface area contributed by atoms with Gasteiger partial charge in [-0.3, -0.25) is 0 Å². The van der Waals surface area contributed by atoms with E-state index in [2.05, 4.69) is 11.8 Å². The fourth-order valence-corrected chi connectivity index (χ4v) is 4.26. The number of nitrogens with two attached hydrogens (primary N) is 1. The summed E-state index contributed by atoms with van der Waals surface area (Å²) in [5.74, 6) is 0.659. The van der Waals surface area contributed by atoms with Crippen molar-refractivity contribution < 1.29 is 13.2 Å². The van der Waals surface area contributed by atoms with E-state index in [1.54, 1.807) is 12.1 Å². The number of anilines is 1. The predicted octanol–water partition coefficient (Wildman–Crippen LogP) is 2.29. The molecule has 1 aliphatic carbocycles. The summed E-state index contributed by atoms with van der Waals surface area (Å²) >= 11 is 0. The number of ether oxygens (including phenoxy) is 1. The zero-order valence-electron chi connectivity index (χ0n) is 13.7. The molecule has 1 aromatic rings. The number of fused-ring (bicyclic) bond motifs is 1. The fourth-order valence-electron chi connectivity index (χ4n) is 3.70. The molecule has 2 atom stereocenters. The molecule has 0 aromatic heterocycles.